The zero-order valence-corrected chi connectivity index (χ0v) is 24.3. The lowest BCUT2D eigenvalue weighted by molar-refractivity contribution is -0.138. The summed E-state index contributed by atoms with van der Waals surface area (Å²) in [6.45, 7) is 4.70. The van der Waals surface area contributed by atoms with E-state index in [-0.39, 0.29) is 24.9 Å². The van der Waals surface area contributed by atoms with Crippen molar-refractivity contribution in [1.29, 1.82) is 0 Å². The number of methoxy groups -OCH3 is 1. The molecule has 0 aromatic heterocycles. The summed E-state index contributed by atoms with van der Waals surface area (Å²) in [7, 11) is 1.54. The molecule has 1 saturated heterocycles. The molecule has 222 valence electrons. The maximum atomic E-state index is 13.6. The van der Waals surface area contributed by atoms with Gasteiger partial charge in [-0.3, -0.25) is 14.5 Å². The van der Waals surface area contributed by atoms with Crippen LogP contribution in [0.5, 0.6) is 5.75 Å². The van der Waals surface area contributed by atoms with E-state index in [0.29, 0.717) is 30.4 Å². The second kappa shape index (κ2) is 15.0. The number of carbonyl (C=O) groups is 3. The molecule has 3 aromatic carbocycles. The number of rotatable bonds is 12. The Morgan fingerprint density at radius 3 is 2.31 bits per heavy atom. The number of piperidine rings is 1. The van der Waals surface area contributed by atoms with Gasteiger partial charge in [-0.25, -0.2) is 4.79 Å². The SMILES string of the molecule is COc1cc(CC(=O)N(CCC2CCN(CC(=O)O)CC2)Cc2ccccc2)ccc1NC(=O)Nc1ccccc1C. The molecular formula is C33H40N4O5. The first-order valence-corrected chi connectivity index (χ1v) is 14.4. The normalized spacial score (nSPS) is 13.8. The van der Waals surface area contributed by atoms with Gasteiger partial charge in [-0.2, -0.15) is 0 Å². The predicted octanol–water partition coefficient (Wildman–Crippen LogP) is 5.41. The molecule has 0 aliphatic carbocycles. The van der Waals surface area contributed by atoms with Crippen LogP contribution in [0.4, 0.5) is 16.2 Å². The summed E-state index contributed by atoms with van der Waals surface area (Å²) in [4.78, 5) is 41.1. The third-order valence-corrected chi connectivity index (χ3v) is 7.71. The average molecular weight is 573 g/mol. The van der Waals surface area contributed by atoms with E-state index in [9.17, 15) is 14.4 Å². The Morgan fingerprint density at radius 2 is 1.62 bits per heavy atom. The number of carbonyl (C=O) groups excluding carboxylic acids is 2. The lowest BCUT2D eigenvalue weighted by atomic mass is 9.93. The lowest BCUT2D eigenvalue weighted by Crippen LogP contribution is -2.39. The van der Waals surface area contributed by atoms with Crippen molar-refractivity contribution in [3.63, 3.8) is 0 Å². The van der Waals surface area contributed by atoms with Gasteiger partial charge in [0.2, 0.25) is 5.91 Å². The number of ether oxygens (including phenoxy) is 1. The fourth-order valence-corrected chi connectivity index (χ4v) is 5.28. The van der Waals surface area contributed by atoms with Crippen molar-refractivity contribution in [3.05, 3.63) is 89.5 Å². The number of amides is 3. The van der Waals surface area contributed by atoms with Crippen molar-refractivity contribution in [2.45, 2.75) is 39.2 Å². The second-order valence-corrected chi connectivity index (χ2v) is 10.8. The van der Waals surface area contributed by atoms with Crippen LogP contribution in [0.25, 0.3) is 0 Å². The molecule has 9 heteroatoms. The first kappa shape index (κ1) is 30.6. The number of carboxylic acids is 1. The van der Waals surface area contributed by atoms with Gasteiger partial charge in [-0.15, -0.1) is 0 Å². The quantitative estimate of drug-likeness (QED) is 0.268. The Balaban J connectivity index is 1.38. The molecule has 0 spiro atoms. The Morgan fingerprint density at radius 1 is 0.929 bits per heavy atom. The van der Waals surface area contributed by atoms with Crippen molar-refractivity contribution in [3.8, 4) is 5.75 Å². The first-order valence-electron chi connectivity index (χ1n) is 14.4. The van der Waals surface area contributed by atoms with E-state index in [1.807, 2.05) is 77.4 Å². The molecule has 0 unspecified atom stereocenters. The topological polar surface area (TPSA) is 111 Å². The summed E-state index contributed by atoms with van der Waals surface area (Å²) in [5.74, 6) is 0.154. The van der Waals surface area contributed by atoms with Gasteiger partial charge in [0.1, 0.15) is 5.75 Å². The van der Waals surface area contributed by atoms with Gasteiger partial charge in [0.15, 0.2) is 0 Å². The molecule has 1 heterocycles. The zero-order valence-electron chi connectivity index (χ0n) is 24.3. The Bertz CT molecular complexity index is 1360. The fourth-order valence-electron chi connectivity index (χ4n) is 5.28. The summed E-state index contributed by atoms with van der Waals surface area (Å²) in [5, 5.41) is 14.8. The molecular weight excluding hydrogens is 532 g/mol. The minimum Gasteiger partial charge on any atom is -0.495 e. The Labute approximate surface area is 247 Å². The van der Waals surface area contributed by atoms with Crippen molar-refractivity contribution < 1.29 is 24.2 Å². The van der Waals surface area contributed by atoms with Gasteiger partial charge in [-0.1, -0.05) is 54.6 Å². The van der Waals surface area contributed by atoms with E-state index < -0.39 is 5.97 Å². The largest absolute Gasteiger partial charge is 0.495 e. The number of nitrogens with one attached hydrogen (secondary N) is 2. The van der Waals surface area contributed by atoms with Gasteiger partial charge in [0.25, 0.3) is 0 Å². The van der Waals surface area contributed by atoms with Gasteiger partial charge in [0.05, 0.1) is 25.8 Å². The van der Waals surface area contributed by atoms with Crippen LogP contribution >= 0.6 is 0 Å². The van der Waals surface area contributed by atoms with Crippen molar-refractivity contribution in [1.82, 2.24) is 9.80 Å². The van der Waals surface area contributed by atoms with E-state index in [1.165, 1.54) is 7.11 Å². The number of para-hydroxylation sites is 1. The maximum Gasteiger partial charge on any atom is 0.323 e. The third-order valence-electron chi connectivity index (χ3n) is 7.71. The number of anilines is 2. The lowest BCUT2D eigenvalue weighted by Gasteiger charge is -2.32. The van der Waals surface area contributed by atoms with Crippen molar-refractivity contribution >= 4 is 29.3 Å². The predicted molar refractivity (Wildman–Crippen MR) is 164 cm³/mol. The smallest absolute Gasteiger partial charge is 0.323 e. The Kier molecular flexibility index (Phi) is 10.9. The summed E-state index contributed by atoms with van der Waals surface area (Å²) in [6, 6.07) is 22.5. The fraction of sp³-hybridized carbons (Fsp3) is 0.364. The minimum atomic E-state index is -0.793. The highest BCUT2D eigenvalue weighted by molar-refractivity contribution is 6.01. The number of carboxylic acid groups (broad SMARTS) is 1. The second-order valence-electron chi connectivity index (χ2n) is 10.8. The molecule has 3 aromatic rings. The molecule has 0 bridgehead atoms. The number of aryl methyl sites for hydroxylation is 1. The highest BCUT2D eigenvalue weighted by Crippen LogP contribution is 2.27. The van der Waals surface area contributed by atoms with Crippen LogP contribution in [0.1, 0.15) is 36.0 Å². The van der Waals surface area contributed by atoms with Gasteiger partial charge in [0, 0.05) is 18.8 Å². The van der Waals surface area contributed by atoms with Crippen molar-refractivity contribution in [2.24, 2.45) is 5.92 Å². The van der Waals surface area contributed by atoms with Crippen molar-refractivity contribution in [2.75, 3.05) is 43.9 Å². The van der Waals surface area contributed by atoms with Gasteiger partial charge < -0.3 is 25.4 Å². The summed E-state index contributed by atoms with van der Waals surface area (Å²) < 4.78 is 5.55. The summed E-state index contributed by atoms with van der Waals surface area (Å²) in [6.07, 6.45) is 2.95. The van der Waals surface area contributed by atoms with Crippen LogP contribution in [0, 0.1) is 12.8 Å². The highest BCUT2D eigenvalue weighted by atomic mass is 16.5. The van der Waals surface area contributed by atoms with E-state index in [1.54, 1.807) is 12.1 Å². The number of aliphatic carboxylic acids is 1. The number of hydrogen-bond donors (Lipinski definition) is 3. The van der Waals surface area contributed by atoms with E-state index in [0.717, 1.165) is 54.7 Å². The monoisotopic (exact) mass is 572 g/mol. The zero-order chi connectivity index (χ0) is 29.9. The van der Waals surface area contributed by atoms with Crippen LogP contribution in [0.2, 0.25) is 0 Å². The number of hydrogen-bond acceptors (Lipinski definition) is 5. The van der Waals surface area contributed by atoms with Gasteiger partial charge >= 0.3 is 12.0 Å². The standard InChI is InChI=1S/C33H40N4O5/c1-24-8-6-7-11-28(24)34-33(41)35-29-13-12-27(20-30(29)42-2)21-31(38)37(22-26-9-4-3-5-10-26)19-16-25-14-17-36(18-15-25)23-32(39)40/h3-13,20,25H,14-19,21-23H2,1-2H3,(H,39,40)(H2,34,35,41). The molecule has 3 amide bonds. The van der Waals surface area contributed by atoms with Crippen LogP contribution in [0.15, 0.2) is 72.8 Å². The summed E-state index contributed by atoms with van der Waals surface area (Å²) >= 11 is 0. The number of urea groups is 1. The average Bonchev–Trinajstić information content (AvgIpc) is 2.98. The third kappa shape index (κ3) is 9.07. The minimum absolute atomic E-state index is 0.0159. The molecule has 4 rings (SSSR count). The summed E-state index contributed by atoms with van der Waals surface area (Å²) in [5.41, 5.74) is 4.05. The molecule has 3 N–H and O–H groups in total. The molecule has 1 fully saturated rings. The highest BCUT2D eigenvalue weighted by Gasteiger charge is 2.23. The first-order chi connectivity index (χ1) is 20.3. The molecule has 42 heavy (non-hydrogen) atoms. The molecule has 0 radical (unpaired) electrons. The van der Waals surface area contributed by atoms with E-state index in [4.69, 9.17) is 9.84 Å². The molecule has 1 aliphatic rings. The van der Waals surface area contributed by atoms with Crippen LogP contribution in [-0.4, -0.2) is 66.1 Å². The number of likely N-dealkylation sites (tertiary alicyclic amines) is 1. The molecule has 9 nitrogen and oxygen atoms in total. The maximum absolute atomic E-state index is 13.6. The Hall–Kier alpha value is -4.37. The van der Waals surface area contributed by atoms with E-state index >= 15 is 0 Å². The number of benzene rings is 3. The number of nitrogens with zero attached hydrogens (tertiary/aromatic N) is 2. The van der Waals surface area contributed by atoms with Crippen LogP contribution in [0.3, 0.4) is 0 Å². The molecule has 0 saturated carbocycles. The molecule has 0 atom stereocenters. The molecule has 1 aliphatic heterocycles. The van der Waals surface area contributed by atoms with Gasteiger partial charge in [-0.05, 0) is 80.1 Å². The van der Waals surface area contributed by atoms with E-state index in [2.05, 4.69) is 10.6 Å². The van der Waals surface area contributed by atoms with Crippen LogP contribution in [-0.2, 0) is 22.6 Å². The van der Waals surface area contributed by atoms with Crippen LogP contribution < -0.4 is 15.4 Å².